The summed E-state index contributed by atoms with van der Waals surface area (Å²) >= 11 is 15.1. The van der Waals surface area contributed by atoms with Crippen molar-refractivity contribution >= 4 is 44.8 Å². The smallest absolute Gasteiger partial charge is 0.0942 e. The van der Waals surface area contributed by atoms with Crippen LogP contribution in [0.2, 0.25) is 10.0 Å². The number of hydrogen-bond acceptors (Lipinski definition) is 3. The van der Waals surface area contributed by atoms with Crippen LogP contribution in [0.25, 0.3) is 0 Å². The molecule has 0 bridgehead atoms. The normalized spacial score (nSPS) is 12.6. The second-order valence-electron chi connectivity index (χ2n) is 2.94. The van der Waals surface area contributed by atoms with E-state index in [4.69, 9.17) is 33.4 Å². The third-order valence-corrected chi connectivity index (χ3v) is 3.55. The van der Waals surface area contributed by atoms with Crippen LogP contribution in [0.5, 0.6) is 0 Å². The summed E-state index contributed by atoms with van der Waals surface area (Å²) in [7, 11) is 0. The predicted octanol–water partition coefficient (Wildman–Crippen LogP) is 2.52. The van der Waals surface area contributed by atoms with Gasteiger partial charge in [-0.2, -0.15) is 0 Å². The van der Waals surface area contributed by atoms with Crippen molar-refractivity contribution in [3.05, 3.63) is 26.7 Å². The predicted molar refractivity (Wildman–Crippen MR) is 65.7 cm³/mol. The van der Waals surface area contributed by atoms with E-state index in [0.29, 0.717) is 20.2 Å². The van der Waals surface area contributed by atoms with Crippen molar-refractivity contribution in [3.8, 4) is 0 Å². The lowest BCUT2D eigenvalue weighted by molar-refractivity contribution is 0.105. The number of aliphatic hydroxyl groups excluding tert-OH is 2. The monoisotopic (exact) mass is 313 g/mol. The van der Waals surface area contributed by atoms with E-state index < -0.39 is 6.10 Å². The van der Waals surface area contributed by atoms with Gasteiger partial charge in [0.15, 0.2) is 0 Å². The Morgan fingerprint density at radius 2 is 2.00 bits per heavy atom. The van der Waals surface area contributed by atoms with E-state index in [1.807, 2.05) is 0 Å². The molecule has 0 spiro atoms. The van der Waals surface area contributed by atoms with Crippen molar-refractivity contribution in [1.82, 2.24) is 0 Å². The largest absolute Gasteiger partial charge is 0.394 e. The first kappa shape index (κ1) is 13.1. The first-order valence-electron chi connectivity index (χ1n) is 4.22. The molecule has 6 heteroatoms. The zero-order chi connectivity index (χ0) is 11.4. The van der Waals surface area contributed by atoms with E-state index >= 15 is 0 Å². The molecule has 15 heavy (non-hydrogen) atoms. The highest BCUT2D eigenvalue weighted by Crippen LogP contribution is 2.35. The Bertz CT molecular complexity index is 349. The van der Waals surface area contributed by atoms with Gasteiger partial charge in [0, 0.05) is 11.0 Å². The molecule has 0 saturated heterocycles. The van der Waals surface area contributed by atoms with Gasteiger partial charge < -0.3 is 15.5 Å². The van der Waals surface area contributed by atoms with Gasteiger partial charge in [-0.1, -0.05) is 23.2 Å². The Kier molecular flexibility index (Phi) is 5.15. The number of nitrogens with one attached hydrogen (secondary N) is 1. The molecule has 1 aromatic rings. The molecule has 0 aliphatic heterocycles. The summed E-state index contributed by atoms with van der Waals surface area (Å²) < 4.78 is 0.711. The molecule has 1 rings (SSSR count). The van der Waals surface area contributed by atoms with Crippen molar-refractivity contribution in [3.63, 3.8) is 0 Å². The molecule has 0 amide bonds. The van der Waals surface area contributed by atoms with Crippen LogP contribution in [0.15, 0.2) is 16.6 Å². The minimum absolute atomic E-state index is 0.216. The van der Waals surface area contributed by atoms with E-state index in [9.17, 15) is 0 Å². The fourth-order valence-electron chi connectivity index (χ4n) is 0.955. The topological polar surface area (TPSA) is 52.5 Å². The van der Waals surface area contributed by atoms with Crippen LogP contribution in [0.1, 0.15) is 0 Å². The summed E-state index contributed by atoms with van der Waals surface area (Å²) in [5.41, 5.74) is 0.623. The Labute approximate surface area is 106 Å². The third kappa shape index (κ3) is 3.50. The average molecular weight is 315 g/mol. The van der Waals surface area contributed by atoms with Crippen LogP contribution >= 0.6 is 39.1 Å². The molecule has 0 fully saturated rings. The zero-order valence-corrected chi connectivity index (χ0v) is 10.8. The van der Waals surface area contributed by atoms with Gasteiger partial charge in [-0.05, 0) is 28.1 Å². The molecular formula is C9H10BrCl2NO2. The minimum Gasteiger partial charge on any atom is -0.394 e. The molecule has 1 atom stereocenters. The highest BCUT2D eigenvalue weighted by Gasteiger charge is 2.09. The van der Waals surface area contributed by atoms with Crippen LogP contribution in [-0.4, -0.2) is 29.5 Å². The van der Waals surface area contributed by atoms with Crippen LogP contribution in [0.3, 0.4) is 0 Å². The fraction of sp³-hybridized carbons (Fsp3) is 0.333. The standard InChI is InChI=1S/C9H10BrCl2NO2/c10-6-1-2-7(9(12)8(6)11)13-3-5(15)4-14/h1-2,5,13-15H,3-4H2. The van der Waals surface area contributed by atoms with Crippen LogP contribution in [0, 0.1) is 0 Å². The number of hydrogen-bond donors (Lipinski definition) is 3. The lowest BCUT2D eigenvalue weighted by atomic mass is 10.3. The number of rotatable bonds is 4. The molecule has 0 saturated carbocycles. The average Bonchev–Trinajstić information content (AvgIpc) is 2.24. The van der Waals surface area contributed by atoms with Gasteiger partial charge >= 0.3 is 0 Å². The van der Waals surface area contributed by atoms with Crippen molar-refractivity contribution < 1.29 is 10.2 Å². The van der Waals surface area contributed by atoms with Crippen molar-refractivity contribution in [2.45, 2.75) is 6.10 Å². The maximum Gasteiger partial charge on any atom is 0.0942 e. The summed E-state index contributed by atoms with van der Waals surface area (Å²) in [6.45, 7) is -0.0803. The van der Waals surface area contributed by atoms with Gasteiger partial charge in [-0.25, -0.2) is 0 Å². The third-order valence-electron chi connectivity index (χ3n) is 1.77. The summed E-state index contributed by atoms with van der Waals surface area (Å²) in [6, 6.07) is 3.49. The maximum atomic E-state index is 9.14. The highest BCUT2D eigenvalue weighted by molar-refractivity contribution is 9.10. The molecule has 0 aliphatic rings. The van der Waals surface area contributed by atoms with E-state index in [1.165, 1.54) is 0 Å². The van der Waals surface area contributed by atoms with Gasteiger partial charge in [-0.3, -0.25) is 0 Å². The fourth-order valence-corrected chi connectivity index (χ4v) is 1.80. The lowest BCUT2D eigenvalue weighted by Gasteiger charge is -2.12. The molecule has 84 valence electrons. The highest BCUT2D eigenvalue weighted by atomic mass is 79.9. The van der Waals surface area contributed by atoms with E-state index in [0.717, 1.165) is 0 Å². The first-order chi connectivity index (χ1) is 7.06. The van der Waals surface area contributed by atoms with Gasteiger partial charge in [0.25, 0.3) is 0 Å². The zero-order valence-electron chi connectivity index (χ0n) is 7.67. The van der Waals surface area contributed by atoms with Crippen molar-refractivity contribution in [2.75, 3.05) is 18.5 Å². The number of anilines is 1. The van der Waals surface area contributed by atoms with Gasteiger partial charge in [0.05, 0.1) is 28.4 Å². The van der Waals surface area contributed by atoms with E-state index in [-0.39, 0.29) is 13.2 Å². The van der Waals surface area contributed by atoms with Gasteiger partial charge in [0.1, 0.15) is 0 Å². The molecular weight excluding hydrogens is 305 g/mol. The molecule has 3 N–H and O–H groups in total. The SMILES string of the molecule is OCC(O)CNc1ccc(Br)c(Cl)c1Cl. The Balaban J connectivity index is 2.74. The molecule has 0 radical (unpaired) electrons. The molecule has 3 nitrogen and oxygen atoms in total. The minimum atomic E-state index is -0.816. The summed E-state index contributed by atoms with van der Waals surface area (Å²) in [5, 5.41) is 21.4. The van der Waals surface area contributed by atoms with Gasteiger partial charge in [-0.15, -0.1) is 0 Å². The van der Waals surface area contributed by atoms with Crippen LogP contribution in [0.4, 0.5) is 5.69 Å². The van der Waals surface area contributed by atoms with Crippen molar-refractivity contribution in [1.29, 1.82) is 0 Å². The molecule has 1 unspecified atom stereocenters. The lowest BCUT2D eigenvalue weighted by Crippen LogP contribution is -2.23. The summed E-state index contributed by atoms with van der Waals surface area (Å²) in [5.74, 6) is 0. The van der Waals surface area contributed by atoms with E-state index in [2.05, 4.69) is 21.2 Å². The Morgan fingerprint density at radius 1 is 1.33 bits per heavy atom. The van der Waals surface area contributed by atoms with E-state index in [1.54, 1.807) is 12.1 Å². The quantitative estimate of drug-likeness (QED) is 0.749. The molecule has 1 aromatic carbocycles. The number of aliphatic hydroxyl groups is 2. The molecule has 0 aromatic heterocycles. The van der Waals surface area contributed by atoms with Crippen LogP contribution in [-0.2, 0) is 0 Å². The van der Waals surface area contributed by atoms with Crippen molar-refractivity contribution in [2.24, 2.45) is 0 Å². The number of halogens is 3. The van der Waals surface area contributed by atoms with Crippen LogP contribution < -0.4 is 5.32 Å². The maximum absolute atomic E-state index is 9.14. The second kappa shape index (κ2) is 5.92. The first-order valence-corrected chi connectivity index (χ1v) is 5.77. The summed E-state index contributed by atoms with van der Waals surface area (Å²) in [4.78, 5) is 0. The Morgan fingerprint density at radius 3 is 2.60 bits per heavy atom. The number of benzene rings is 1. The second-order valence-corrected chi connectivity index (χ2v) is 4.55. The molecule has 0 heterocycles. The Hall–Kier alpha value is -0.000000000000000111. The molecule has 0 aliphatic carbocycles. The van der Waals surface area contributed by atoms with Gasteiger partial charge in [0.2, 0.25) is 0 Å². The summed E-state index contributed by atoms with van der Waals surface area (Å²) in [6.07, 6.45) is -0.816.